The monoisotopic (exact) mass is 388 g/mol. The molecule has 7 nitrogen and oxygen atoms in total. The van der Waals surface area contributed by atoms with Crippen LogP contribution >= 0.6 is 0 Å². The fourth-order valence-corrected chi connectivity index (χ4v) is 3.90. The molecule has 2 heterocycles. The highest BCUT2D eigenvalue weighted by atomic mass is 16.1. The van der Waals surface area contributed by atoms with Gasteiger partial charge >= 0.3 is 0 Å². The molecular weight excluding hydrogens is 364 g/mol. The first-order valence-corrected chi connectivity index (χ1v) is 10.3. The van der Waals surface area contributed by atoms with Crippen molar-refractivity contribution >= 4 is 11.6 Å². The lowest BCUT2D eigenvalue weighted by Gasteiger charge is -2.15. The number of tetrazole rings is 1. The van der Waals surface area contributed by atoms with Gasteiger partial charge < -0.3 is 5.32 Å². The standard InChI is InChI=1S/C22H24N6O/c29-22(18-7-3-5-16(13-18)15-27-11-1-2-12-27)23-19-8-4-6-17(14-19)21-24-25-26-28(21)20-9-10-20/h3-8,13-14,20H,1-2,9-12,15H2,(H,23,29). The van der Waals surface area contributed by atoms with Crippen molar-refractivity contribution in [3.05, 3.63) is 59.7 Å². The molecule has 2 aliphatic rings. The number of benzene rings is 2. The molecule has 1 aliphatic heterocycles. The first-order valence-electron chi connectivity index (χ1n) is 10.3. The van der Waals surface area contributed by atoms with Crippen LogP contribution in [0.25, 0.3) is 11.4 Å². The van der Waals surface area contributed by atoms with Crippen LogP contribution in [0, 0.1) is 0 Å². The molecule has 2 fully saturated rings. The van der Waals surface area contributed by atoms with Gasteiger partial charge in [-0.1, -0.05) is 24.3 Å². The van der Waals surface area contributed by atoms with E-state index in [9.17, 15) is 4.79 Å². The molecule has 1 N–H and O–H groups in total. The summed E-state index contributed by atoms with van der Waals surface area (Å²) < 4.78 is 1.88. The summed E-state index contributed by atoms with van der Waals surface area (Å²) in [6, 6.07) is 16.0. The van der Waals surface area contributed by atoms with Crippen LogP contribution in [0.15, 0.2) is 48.5 Å². The highest BCUT2D eigenvalue weighted by Gasteiger charge is 2.28. The van der Waals surface area contributed by atoms with E-state index in [1.54, 1.807) is 0 Å². The maximum absolute atomic E-state index is 12.8. The number of rotatable bonds is 6. The van der Waals surface area contributed by atoms with E-state index in [4.69, 9.17) is 0 Å². The molecule has 0 bridgehead atoms. The van der Waals surface area contributed by atoms with E-state index >= 15 is 0 Å². The smallest absolute Gasteiger partial charge is 0.255 e. The quantitative estimate of drug-likeness (QED) is 0.699. The molecule has 0 atom stereocenters. The van der Waals surface area contributed by atoms with Gasteiger partial charge in [0.25, 0.3) is 5.91 Å². The lowest BCUT2D eigenvalue weighted by molar-refractivity contribution is 0.102. The maximum atomic E-state index is 12.8. The number of hydrogen-bond donors (Lipinski definition) is 1. The molecule has 0 unspecified atom stereocenters. The predicted molar refractivity (Wildman–Crippen MR) is 110 cm³/mol. The maximum Gasteiger partial charge on any atom is 0.255 e. The van der Waals surface area contributed by atoms with Crippen LogP contribution in [-0.2, 0) is 6.54 Å². The van der Waals surface area contributed by atoms with Crippen molar-refractivity contribution < 1.29 is 4.79 Å². The first-order chi connectivity index (χ1) is 14.3. The van der Waals surface area contributed by atoms with Crippen molar-refractivity contribution in [1.29, 1.82) is 0 Å². The number of carbonyl (C=O) groups excluding carboxylic acids is 1. The summed E-state index contributed by atoms with van der Waals surface area (Å²) in [4.78, 5) is 15.3. The number of likely N-dealkylation sites (tertiary alicyclic amines) is 1. The van der Waals surface area contributed by atoms with Gasteiger partial charge in [-0.2, -0.15) is 0 Å². The van der Waals surface area contributed by atoms with E-state index < -0.39 is 0 Å². The molecule has 1 saturated heterocycles. The molecule has 3 aromatic rings. The second kappa shape index (κ2) is 7.75. The van der Waals surface area contributed by atoms with Crippen molar-refractivity contribution in [2.24, 2.45) is 0 Å². The molecule has 1 aromatic heterocycles. The highest BCUT2D eigenvalue weighted by Crippen LogP contribution is 2.36. The second-order valence-corrected chi connectivity index (χ2v) is 7.90. The van der Waals surface area contributed by atoms with E-state index in [1.807, 2.05) is 47.1 Å². The molecule has 5 rings (SSSR count). The van der Waals surface area contributed by atoms with Crippen LogP contribution in [0.4, 0.5) is 5.69 Å². The number of amides is 1. The number of hydrogen-bond acceptors (Lipinski definition) is 5. The van der Waals surface area contributed by atoms with Gasteiger partial charge in [-0.3, -0.25) is 9.69 Å². The van der Waals surface area contributed by atoms with Crippen molar-refractivity contribution in [2.75, 3.05) is 18.4 Å². The van der Waals surface area contributed by atoms with Crippen LogP contribution in [0.5, 0.6) is 0 Å². The van der Waals surface area contributed by atoms with Crippen molar-refractivity contribution in [2.45, 2.75) is 38.3 Å². The molecule has 29 heavy (non-hydrogen) atoms. The number of nitrogens with zero attached hydrogens (tertiary/aromatic N) is 5. The highest BCUT2D eigenvalue weighted by molar-refractivity contribution is 6.04. The van der Waals surface area contributed by atoms with E-state index in [-0.39, 0.29) is 5.91 Å². The molecule has 1 saturated carbocycles. The number of aromatic nitrogens is 4. The predicted octanol–water partition coefficient (Wildman–Crippen LogP) is 3.52. The topological polar surface area (TPSA) is 75.9 Å². The summed E-state index contributed by atoms with van der Waals surface area (Å²) in [7, 11) is 0. The summed E-state index contributed by atoms with van der Waals surface area (Å²) in [5.74, 6) is 0.642. The SMILES string of the molecule is O=C(Nc1cccc(-c2nnnn2C2CC2)c1)c1cccc(CN2CCCC2)c1. The van der Waals surface area contributed by atoms with Gasteiger partial charge in [0.1, 0.15) is 0 Å². The Morgan fingerprint density at radius 3 is 2.72 bits per heavy atom. The van der Waals surface area contributed by atoms with E-state index in [2.05, 4.69) is 31.8 Å². The number of anilines is 1. The largest absolute Gasteiger partial charge is 0.322 e. The van der Waals surface area contributed by atoms with E-state index in [1.165, 1.54) is 18.4 Å². The van der Waals surface area contributed by atoms with Gasteiger partial charge in [0.15, 0.2) is 5.82 Å². The third-order valence-electron chi connectivity index (χ3n) is 5.56. The van der Waals surface area contributed by atoms with E-state index in [0.29, 0.717) is 11.6 Å². The normalized spacial score (nSPS) is 16.8. The zero-order valence-corrected chi connectivity index (χ0v) is 16.3. The summed E-state index contributed by atoms with van der Waals surface area (Å²) >= 11 is 0. The molecule has 1 amide bonds. The van der Waals surface area contributed by atoms with Crippen LogP contribution < -0.4 is 5.32 Å². The van der Waals surface area contributed by atoms with Gasteiger partial charge in [-0.25, -0.2) is 4.68 Å². The third kappa shape index (κ3) is 4.05. The summed E-state index contributed by atoms with van der Waals surface area (Å²) in [5.41, 5.74) is 3.50. The average Bonchev–Trinajstić information content (AvgIpc) is 3.24. The minimum absolute atomic E-state index is 0.104. The Balaban J connectivity index is 1.31. The van der Waals surface area contributed by atoms with Gasteiger partial charge in [0.2, 0.25) is 0 Å². The van der Waals surface area contributed by atoms with Crippen molar-refractivity contribution in [3.63, 3.8) is 0 Å². The molecule has 0 radical (unpaired) electrons. The minimum Gasteiger partial charge on any atom is -0.322 e. The minimum atomic E-state index is -0.104. The van der Waals surface area contributed by atoms with Gasteiger partial charge in [0, 0.05) is 23.4 Å². The average molecular weight is 388 g/mol. The molecule has 7 heteroatoms. The fourth-order valence-electron chi connectivity index (χ4n) is 3.90. The Morgan fingerprint density at radius 2 is 1.90 bits per heavy atom. The zero-order valence-electron chi connectivity index (χ0n) is 16.3. The Hall–Kier alpha value is -3.06. The lowest BCUT2D eigenvalue weighted by Crippen LogP contribution is -2.19. The van der Waals surface area contributed by atoms with Gasteiger partial charge in [0.05, 0.1) is 6.04 Å². The Bertz CT molecular complexity index is 1020. The first kappa shape index (κ1) is 18.0. The van der Waals surface area contributed by atoms with Crippen LogP contribution in [0.3, 0.4) is 0 Å². The van der Waals surface area contributed by atoms with Gasteiger partial charge in [-0.15, -0.1) is 5.10 Å². The number of carbonyl (C=O) groups is 1. The second-order valence-electron chi connectivity index (χ2n) is 7.90. The molecular formula is C22H24N6O. The van der Waals surface area contributed by atoms with Crippen molar-refractivity contribution in [3.8, 4) is 11.4 Å². The molecule has 148 valence electrons. The fraction of sp³-hybridized carbons (Fsp3) is 0.364. The summed E-state index contributed by atoms with van der Waals surface area (Å²) in [6.07, 6.45) is 4.76. The Kier molecular flexibility index (Phi) is 4.81. The van der Waals surface area contributed by atoms with Crippen LogP contribution in [0.2, 0.25) is 0 Å². The lowest BCUT2D eigenvalue weighted by atomic mass is 10.1. The molecule has 2 aromatic carbocycles. The molecule has 0 spiro atoms. The van der Waals surface area contributed by atoms with Crippen molar-refractivity contribution in [1.82, 2.24) is 25.1 Å². The molecule has 1 aliphatic carbocycles. The number of nitrogens with one attached hydrogen (secondary N) is 1. The van der Waals surface area contributed by atoms with Crippen LogP contribution in [-0.4, -0.2) is 44.1 Å². The zero-order chi connectivity index (χ0) is 19.6. The van der Waals surface area contributed by atoms with Gasteiger partial charge in [-0.05, 0) is 79.0 Å². The van der Waals surface area contributed by atoms with Crippen LogP contribution in [0.1, 0.15) is 47.6 Å². The Morgan fingerprint density at radius 1 is 1.07 bits per heavy atom. The third-order valence-corrected chi connectivity index (χ3v) is 5.56. The summed E-state index contributed by atoms with van der Waals surface area (Å²) in [6.45, 7) is 3.19. The summed E-state index contributed by atoms with van der Waals surface area (Å²) in [5, 5.41) is 15.1. The Labute approximate surface area is 169 Å². The van der Waals surface area contributed by atoms with E-state index in [0.717, 1.165) is 49.6 Å².